The van der Waals surface area contributed by atoms with Gasteiger partial charge in [0.1, 0.15) is 0 Å². The van der Waals surface area contributed by atoms with Crippen molar-refractivity contribution in [1.29, 1.82) is 0 Å². The number of carbonyl (C=O) groups excluding carboxylic acids is 3. The zero-order valence-electron chi connectivity index (χ0n) is 14.2. The lowest BCUT2D eigenvalue weighted by molar-refractivity contribution is -0.154. The van der Waals surface area contributed by atoms with Gasteiger partial charge in [0, 0.05) is 23.0 Å². The van der Waals surface area contributed by atoms with Crippen molar-refractivity contribution in [2.45, 2.75) is 38.3 Å². The molecule has 1 N–H and O–H groups in total. The molecule has 1 aliphatic heterocycles. The van der Waals surface area contributed by atoms with E-state index in [0.717, 1.165) is 0 Å². The van der Waals surface area contributed by atoms with Crippen molar-refractivity contribution in [2.24, 2.45) is 0 Å². The smallest absolute Gasteiger partial charge is 0.307 e. The number of esters is 1. The van der Waals surface area contributed by atoms with Crippen LogP contribution < -0.4 is 5.32 Å². The van der Waals surface area contributed by atoms with E-state index in [-0.39, 0.29) is 30.1 Å². The molecule has 7 nitrogen and oxygen atoms in total. The van der Waals surface area contributed by atoms with Gasteiger partial charge in [-0.15, -0.1) is 0 Å². The zero-order chi connectivity index (χ0) is 19.3. The van der Waals surface area contributed by atoms with Crippen LogP contribution in [-0.2, 0) is 24.2 Å². The maximum Gasteiger partial charge on any atom is 0.307 e. The third kappa shape index (κ3) is 6.10. The van der Waals surface area contributed by atoms with Crippen molar-refractivity contribution >= 4 is 39.1 Å². The number of nitrogens with one attached hydrogen (secondary N) is 1. The molecule has 2 rings (SSSR count). The molecule has 0 saturated carbocycles. The summed E-state index contributed by atoms with van der Waals surface area (Å²) in [6.07, 6.45) is -0.909. The topological polar surface area (TPSA) is 107 Å². The van der Waals surface area contributed by atoms with E-state index >= 15 is 0 Å². The summed E-state index contributed by atoms with van der Waals surface area (Å²) in [7, 11) is -3.11. The van der Waals surface area contributed by atoms with Gasteiger partial charge in [-0.3, -0.25) is 14.4 Å². The molecule has 0 radical (unpaired) electrons. The Hall–Kier alpha value is -1.93. The summed E-state index contributed by atoms with van der Waals surface area (Å²) >= 11 is 5.75. The summed E-state index contributed by atoms with van der Waals surface area (Å²) in [6.45, 7) is 1.40. The lowest BCUT2D eigenvalue weighted by atomic mass is 10.1. The molecule has 0 bridgehead atoms. The van der Waals surface area contributed by atoms with Crippen LogP contribution in [0.1, 0.15) is 36.5 Å². The Kier molecular flexibility index (Phi) is 6.77. The predicted molar refractivity (Wildman–Crippen MR) is 95.8 cm³/mol. The van der Waals surface area contributed by atoms with E-state index in [1.165, 1.54) is 6.92 Å². The second kappa shape index (κ2) is 8.64. The molecule has 142 valence electrons. The number of hydrogen-bond donors (Lipinski definition) is 1. The maximum atomic E-state index is 12.0. The number of carbonyl (C=O) groups is 3. The number of amides is 1. The van der Waals surface area contributed by atoms with Gasteiger partial charge in [0.05, 0.1) is 17.9 Å². The number of hydrogen-bond acceptors (Lipinski definition) is 6. The number of halogens is 1. The Morgan fingerprint density at radius 3 is 2.46 bits per heavy atom. The number of rotatable bonds is 7. The molecule has 0 aromatic heterocycles. The Bertz CT molecular complexity index is 790. The highest BCUT2D eigenvalue weighted by Crippen LogP contribution is 2.13. The van der Waals surface area contributed by atoms with Gasteiger partial charge in [-0.05, 0) is 37.6 Å². The highest BCUT2D eigenvalue weighted by atomic mass is 35.5. The van der Waals surface area contributed by atoms with Crippen LogP contribution in [0.4, 0.5) is 0 Å². The summed E-state index contributed by atoms with van der Waals surface area (Å²) in [4.78, 5) is 35.8. The van der Waals surface area contributed by atoms with E-state index in [9.17, 15) is 22.8 Å². The number of ketones is 1. The van der Waals surface area contributed by atoms with Crippen LogP contribution in [-0.4, -0.2) is 49.7 Å². The van der Waals surface area contributed by atoms with Crippen LogP contribution in [0, 0.1) is 0 Å². The van der Waals surface area contributed by atoms with E-state index in [1.807, 2.05) is 0 Å². The van der Waals surface area contributed by atoms with Gasteiger partial charge >= 0.3 is 5.97 Å². The fourth-order valence-corrected chi connectivity index (χ4v) is 4.33. The first-order chi connectivity index (χ1) is 12.2. The van der Waals surface area contributed by atoms with Crippen molar-refractivity contribution in [1.82, 2.24) is 5.32 Å². The lowest BCUT2D eigenvalue weighted by Crippen LogP contribution is -2.42. The second-order valence-electron chi connectivity index (χ2n) is 6.17. The highest BCUT2D eigenvalue weighted by molar-refractivity contribution is 7.91. The largest absolute Gasteiger partial charge is 0.453 e. The first kappa shape index (κ1) is 20.4. The van der Waals surface area contributed by atoms with Crippen molar-refractivity contribution in [3.05, 3.63) is 34.9 Å². The summed E-state index contributed by atoms with van der Waals surface area (Å²) < 4.78 is 27.8. The lowest BCUT2D eigenvalue weighted by Gasteiger charge is -2.16. The van der Waals surface area contributed by atoms with Gasteiger partial charge in [0.15, 0.2) is 21.7 Å². The Morgan fingerprint density at radius 1 is 1.23 bits per heavy atom. The fourth-order valence-electron chi connectivity index (χ4n) is 2.53. The average Bonchev–Trinajstić information content (AvgIpc) is 2.91. The molecule has 1 heterocycles. The van der Waals surface area contributed by atoms with Crippen LogP contribution in [0.3, 0.4) is 0 Å². The number of benzene rings is 1. The second-order valence-corrected chi connectivity index (χ2v) is 8.84. The monoisotopic (exact) mass is 401 g/mol. The third-order valence-corrected chi connectivity index (χ3v) is 6.00. The van der Waals surface area contributed by atoms with Crippen LogP contribution in [0.15, 0.2) is 24.3 Å². The van der Waals surface area contributed by atoms with Crippen LogP contribution in [0.25, 0.3) is 0 Å². The molecule has 1 saturated heterocycles. The predicted octanol–water partition coefficient (Wildman–Crippen LogP) is 1.54. The van der Waals surface area contributed by atoms with Gasteiger partial charge in [-0.1, -0.05) is 11.6 Å². The number of Topliss-reactive ketones (excluding diaryl/α,β-unsaturated/α-hetero) is 1. The van der Waals surface area contributed by atoms with Crippen LogP contribution in [0.5, 0.6) is 0 Å². The third-order valence-electron chi connectivity index (χ3n) is 3.98. The molecule has 9 heteroatoms. The highest BCUT2D eigenvalue weighted by Gasteiger charge is 2.30. The average molecular weight is 402 g/mol. The standard InChI is InChI=1S/C17H20ClNO6S/c1-11(17(22)19-14-8-9-26(23,24)10-14)25-16(21)7-6-15(20)12-2-4-13(18)5-3-12/h2-5,11,14H,6-10H2,1H3,(H,19,22). The molecule has 0 aliphatic carbocycles. The molecule has 1 aromatic rings. The molecule has 1 amide bonds. The van der Waals surface area contributed by atoms with Crippen molar-refractivity contribution in [2.75, 3.05) is 11.5 Å². The minimum Gasteiger partial charge on any atom is -0.453 e. The SMILES string of the molecule is CC(OC(=O)CCC(=O)c1ccc(Cl)cc1)C(=O)NC1CCS(=O)(=O)C1. The number of ether oxygens (including phenoxy) is 1. The van der Waals surface area contributed by atoms with Gasteiger partial charge in [0.25, 0.3) is 5.91 Å². The van der Waals surface area contributed by atoms with Gasteiger partial charge in [0.2, 0.25) is 0 Å². The minimum atomic E-state index is -3.11. The van der Waals surface area contributed by atoms with E-state index in [2.05, 4.69) is 5.32 Å². The Morgan fingerprint density at radius 2 is 1.88 bits per heavy atom. The molecule has 2 unspecified atom stereocenters. The fraction of sp³-hybridized carbons (Fsp3) is 0.471. The first-order valence-electron chi connectivity index (χ1n) is 8.15. The zero-order valence-corrected chi connectivity index (χ0v) is 15.8. The van der Waals surface area contributed by atoms with E-state index < -0.39 is 33.9 Å². The Labute approximate surface area is 157 Å². The Balaban J connectivity index is 1.75. The van der Waals surface area contributed by atoms with Gasteiger partial charge in [-0.2, -0.15) is 0 Å². The molecule has 26 heavy (non-hydrogen) atoms. The molecule has 0 spiro atoms. The molecule has 1 fully saturated rings. The van der Waals surface area contributed by atoms with E-state index in [4.69, 9.17) is 16.3 Å². The molecule has 1 aliphatic rings. The molecular weight excluding hydrogens is 382 g/mol. The van der Waals surface area contributed by atoms with Gasteiger partial charge in [-0.25, -0.2) is 8.42 Å². The molecule has 1 aromatic carbocycles. The van der Waals surface area contributed by atoms with Crippen molar-refractivity contribution in [3.8, 4) is 0 Å². The van der Waals surface area contributed by atoms with Crippen LogP contribution in [0.2, 0.25) is 5.02 Å². The van der Waals surface area contributed by atoms with E-state index in [0.29, 0.717) is 17.0 Å². The van der Waals surface area contributed by atoms with Crippen LogP contribution >= 0.6 is 11.6 Å². The molecule has 2 atom stereocenters. The summed E-state index contributed by atoms with van der Waals surface area (Å²) in [5.74, 6) is -1.51. The number of sulfone groups is 1. The van der Waals surface area contributed by atoms with Crippen molar-refractivity contribution in [3.63, 3.8) is 0 Å². The van der Waals surface area contributed by atoms with E-state index in [1.54, 1.807) is 24.3 Å². The molecular formula is C17H20ClNO6S. The first-order valence-corrected chi connectivity index (χ1v) is 10.4. The quantitative estimate of drug-likeness (QED) is 0.548. The normalized spacial score (nSPS) is 19.5. The maximum absolute atomic E-state index is 12.0. The summed E-state index contributed by atoms with van der Waals surface area (Å²) in [5, 5.41) is 3.07. The summed E-state index contributed by atoms with van der Waals surface area (Å²) in [6, 6.07) is 5.86. The summed E-state index contributed by atoms with van der Waals surface area (Å²) in [5.41, 5.74) is 0.440. The van der Waals surface area contributed by atoms with Crippen molar-refractivity contribution < 1.29 is 27.5 Å². The van der Waals surface area contributed by atoms with Gasteiger partial charge < -0.3 is 10.1 Å². The minimum absolute atomic E-state index is 0.0406.